The summed E-state index contributed by atoms with van der Waals surface area (Å²) in [5, 5.41) is 3.87. The molecule has 0 saturated carbocycles. The molecule has 0 amide bonds. The second-order valence-corrected chi connectivity index (χ2v) is 3.93. The van der Waals surface area contributed by atoms with Gasteiger partial charge < -0.3 is 9.09 Å². The van der Waals surface area contributed by atoms with E-state index in [2.05, 4.69) is 5.16 Å². The molecule has 0 aliphatic carbocycles. The molecule has 0 fully saturated rings. The van der Waals surface area contributed by atoms with Gasteiger partial charge in [0, 0.05) is 17.3 Å². The van der Waals surface area contributed by atoms with E-state index in [-0.39, 0.29) is 5.56 Å². The summed E-state index contributed by atoms with van der Waals surface area (Å²) < 4.78 is 6.74. The SMILES string of the molecule is Cc1noc(C)c1Cn1cccc(C)c1=O. The van der Waals surface area contributed by atoms with Crippen molar-refractivity contribution in [3.63, 3.8) is 0 Å². The van der Waals surface area contributed by atoms with Gasteiger partial charge in [0.1, 0.15) is 5.76 Å². The van der Waals surface area contributed by atoms with E-state index in [1.807, 2.05) is 32.9 Å². The fraction of sp³-hybridized carbons (Fsp3) is 0.333. The van der Waals surface area contributed by atoms with Gasteiger partial charge in [-0.25, -0.2) is 0 Å². The van der Waals surface area contributed by atoms with E-state index < -0.39 is 0 Å². The summed E-state index contributed by atoms with van der Waals surface area (Å²) >= 11 is 0. The molecule has 0 aliphatic heterocycles. The zero-order valence-corrected chi connectivity index (χ0v) is 9.65. The smallest absolute Gasteiger partial charge is 0.253 e. The van der Waals surface area contributed by atoms with Gasteiger partial charge in [0.15, 0.2) is 0 Å². The Bertz CT molecular complexity index is 547. The molecule has 16 heavy (non-hydrogen) atoms. The van der Waals surface area contributed by atoms with Crippen LogP contribution >= 0.6 is 0 Å². The summed E-state index contributed by atoms with van der Waals surface area (Å²) in [6, 6.07) is 3.68. The van der Waals surface area contributed by atoms with E-state index in [1.165, 1.54) is 0 Å². The Morgan fingerprint density at radius 3 is 2.75 bits per heavy atom. The van der Waals surface area contributed by atoms with Crippen LogP contribution in [0.3, 0.4) is 0 Å². The van der Waals surface area contributed by atoms with Crippen molar-refractivity contribution >= 4 is 0 Å². The van der Waals surface area contributed by atoms with Crippen LogP contribution in [0.1, 0.15) is 22.6 Å². The topological polar surface area (TPSA) is 48.0 Å². The third-order valence-corrected chi connectivity index (χ3v) is 2.72. The highest BCUT2D eigenvalue weighted by molar-refractivity contribution is 5.21. The Labute approximate surface area is 93.5 Å². The number of rotatable bonds is 2. The highest BCUT2D eigenvalue weighted by atomic mass is 16.5. The maximum absolute atomic E-state index is 11.8. The van der Waals surface area contributed by atoms with Gasteiger partial charge >= 0.3 is 0 Å². The molecular weight excluding hydrogens is 204 g/mol. The normalized spacial score (nSPS) is 10.7. The van der Waals surface area contributed by atoms with E-state index in [1.54, 1.807) is 10.8 Å². The zero-order valence-electron chi connectivity index (χ0n) is 9.65. The summed E-state index contributed by atoms with van der Waals surface area (Å²) in [4.78, 5) is 11.8. The maximum atomic E-state index is 11.8. The second kappa shape index (κ2) is 3.96. The third kappa shape index (κ3) is 1.78. The number of aryl methyl sites for hydroxylation is 3. The minimum Gasteiger partial charge on any atom is -0.361 e. The Morgan fingerprint density at radius 1 is 1.38 bits per heavy atom. The molecule has 2 rings (SSSR count). The maximum Gasteiger partial charge on any atom is 0.253 e. The summed E-state index contributed by atoms with van der Waals surface area (Å²) in [5.41, 5.74) is 2.59. The van der Waals surface area contributed by atoms with Gasteiger partial charge in [-0.05, 0) is 26.8 Å². The van der Waals surface area contributed by atoms with Gasteiger partial charge in [0.25, 0.3) is 5.56 Å². The predicted octanol–water partition coefficient (Wildman–Crippen LogP) is 1.81. The summed E-state index contributed by atoms with van der Waals surface area (Å²) in [6.45, 7) is 6.07. The first-order chi connectivity index (χ1) is 7.59. The molecule has 4 nitrogen and oxygen atoms in total. The lowest BCUT2D eigenvalue weighted by Crippen LogP contribution is -2.22. The highest BCUT2D eigenvalue weighted by Gasteiger charge is 2.10. The van der Waals surface area contributed by atoms with Crippen molar-refractivity contribution in [3.05, 3.63) is 51.3 Å². The minimum atomic E-state index is 0.0301. The average Bonchev–Trinajstić information content (AvgIpc) is 2.56. The first kappa shape index (κ1) is 10.7. The number of hydrogen-bond donors (Lipinski definition) is 0. The fourth-order valence-electron chi connectivity index (χ4n) is 1.68. The van der Waals surface area contributed by atoms with Gasteiger partial charge in [-0.2, -0.15) is 0 Å². The Morgan fingerprint density at radius 2 is 2.12 bits per heavy atom. The lowest BCUT2D eigenvalue weighted by molar-refractivity contribution is 0.392. The Balaban J connectivity index is 2.42. The highest BCUT2D eigenvalue weighted by Crippen LogP contribution is 2.12. The van der Waals surface area contributed by atoms with Gasteiger partial charge in [0.05, 0.1) is 12.2 Å². The number of nitrogens with zero attached hydrogens (tertiary/aromatic N) is 2. The second-order valence-electron chi connectivity index (χ2n) is 3.93. The van der Waals surface area contributed by atoms with Gasteiger partial charge in [-0.3, -0.25) is 4.79 Å². The van der Waals surface area contributed by atoms with Crippen LogP contribution in [0.2, 0.25) is 0 Å². The van der Waals surface area contributed by atoms with Gasteiger partial charge in [-0.1, -0.05) is 11.2 Å². The summed E-state index contributed by atoms with van der Waals surface area (Å²) in [6.07, 6.45) is 1.78. The van der Waals surface area contributed by atoms with Crippen molar-refractivity contribution in [3.8, 4) is 0 Å². The third-order valence-electron chi connectivity index (χ3n) is 2.72. The molecular formula is C12H14N2O2. The minimum absolute atomic E-state index is 0.0301. The van der Waals surface area contributed by atoms with Crippen molar-refractivity contribution in [1.82, 2.24) is 9.72 Å². The fourth-order valence-corrected chi connectivity index (χ4v) is 1.68. The molecule has 2 aromatic rings. The van der Waals surface area contributed by atoms with E-state index in [0.29, 0.717) is 6.54 Å². The van der Waals surface area contributed by atoms with Crippen molar-refractivity contribution < 1.29 is 4.52 Å². The first-order valence-corrected chi connectivity index (χ1v) is 5.17. The number of aromatic nitrogens is 2. The molecule has 0 N–H and O–H groups in total. The van der Waals surface area contributed by atoms with Gasteiger partial charge in [0.2, 0.25) is 0 Å². The average molecular weight is 218 g/mol. The molecule has 4 heteroatoms. The lowest BCUT2D eigenvalue weighted by atomic mass is 10.2. The quantitative estimate of drug-likeness (QED) is 0.772. The van der Waals surface area contributed by atoms with Crippen LogP contribution in [0.25, 0.3) is 0 Å². The zero-order chi connectivity index (χ0) is 11.7. The molecule has 0 unspecified atom stereocenters. The molecule has 0 atom stereocenters. The van der Waals surface area contributed by atoms with Crippen molar-refractivity contribution in [2.45, 2.75) is 27.3 Å². The van der Waals surface area contributed by atoms with Crippen LogP contribution in [0.4, 0.5) is 0 Å². The molecule has 0 aliphatic rings. The molecule has 0 saturated heterocycles. The van der Waals surface area contributed by atoms with E-state index in [9.17, 15) is 4.79 Å². The lowest BCUT2D eigenvalue weighted by Gasteiger charge is -2.05. The predicted molar refractivity (Wildman–Crippen MR) is 60.5 cm³/mol. The molecule has 0 aromatic carbocycles. The number of hydrogen-bond acceptors (Lipinski definition) is 3. The first-order valence-electron chi connectivity index (χ1n) is 5.17. The van der Waals surface area contributed by atoms with Crippen LogP contribution in [0, 0.1) is 20.8 Å². The Kier molecular flexibility index (Phi) is 2.64. The molecule has 2 aromatic heterocycles. The van der Waals surface area contributed by atoms with E-state index in [0.717, 1.165) is 22.6 Å². The van der Waals surface area contributed by atoms with Gasteiger partial charge in [-0.15, -0.1) is 0 Å². The van der Waals surface area contributed by atoms with E-state index in [4.69, 9.17) is 4.52 Å². The van der Waals surface area contributed by atoms with Crippen LogP contribution in [0.15, 0.2) is 27.6 Å². The van der Waals surface area contributed by atoms with Crippen LogP contribution < -0.4 is 5.56 Å². The van der Waals surface area contributed by atoms with Crippen molar-refractivity contribution in [2.75, 3.05) is 0 Å². The number of pyridine rings is 1. The molecule has 2 heterocycles. The van der Waals surface area contributed by atoms with Crippen LogP contribution in [-0.4, -0.2) is 9.72 Å². The van der Waals surface area contributed by atoms with Crippen molar-refractivity contribution in [2.24, 2.45) is 0 Å². The summed E-state index contributed by atoms with van der Waals surface area (Å²) in [5.74, 6) is 0.769. The summed E-state index contributed by atoms with van der Waals surface area (Å²) in [7, 11) is 0. The van der Waals surface area contributed by atoms with E-state index >= 15 is 0 Å². The Hall–Kier alpha value is -1.84. The molecule has 0 radical (unpaired) electrons. The van der Waals surface area contributed by atoms with Crippen molar-refractivity contribution in [1.29, 1.82) is 0 Å². The monoisotopic (exact) mass is 218 g/mol. The standard InChI is InChI=1S/C12H14N2O2/c1-8-5-4-6-14(12(8)15)7-11-9(2)13-16-10(11)3/h4-6H,7H2,1-3H3. The van der Waals surface area contributed by atoms with Crippen LogP contribution in [0.5, 0.6) is 0 Å². The largest absolute Gasteiger partial charge is 0.361 e. The molecule has 0 spiro atoms. The van der Waals surface area contributed by atoms with Crippen LogP contribution in [-0.2, 0) is 6.54 Å². The molecule has 0 bridgehead atoms. The molecule has 84 valence electrons.